The van der Waals surface area contributed by atoms with Gasteiger partial charge in [0.05, 0.1) is 0 Å². The molecule has 0 aromatic carbocycles. The molecule has 1 heterocycles. The van der Waals surface area contributed by atoms with Gasteiger partial charge in [-0.05, 0) is 19.8 Å². The third-order valence-electron chi connectivity index (χ3n) is 3.11. The molecule has 0 radical (unpaired) electrons. The van der Waals surface area contributed by atoms with Gasteiger partial charge in [-0.25, -0.2) is 4.79 Å². The van der Waals surface area contributed by atoms with Crippen molar-refractivity contribution in [3.8, 4) is 0 Å². The van der Waals surface area contributed by atoms with Crippen LogP contribution in [0.25, 0.3) is 0 Å². The average Bonchev–Trinajstić information content (AvgIpc) is 2.71. The van der Waals surface area contributed by atoms with Crippen LogP contribution in [0, 0.1) is 6.92 Å². The van der Waals surface area contributed by atoms with Crippen molar-refractivity contribution in [3.63, 3.8) is 0 Å². The van der Waals surface area contributed by atoms with Gasteiger partial charge < -0.3 is 9.63 Å². The van der Waals surface area contributed by atoms with Crippen LogP contribution in [0.15, 0.2) is 28.3 Å². The fourth-order valence-corrected chi connectivity index (χ4v) is 2.21. The Morgan fingerprint density at radius 3 is 3.06 bits per heavy atom. The van der Waals surface area contributed by atoms with Crippen LogP contribution >= 0.6 is 0 Å². The molecule has 0 amide bonds. The number of nitrogens with zero attached hydrogens (tertiary/aromatic N) is 1. The van der Waals surface area contributed by atoms with E-state index in [1.54, 1.807) is 6.92 Å². The van der Waals surface area contributed by atoms with Gasteiger partial charge in [0.1, 0.15) is 17.0 Å². The lowest BCUT2D eigenvalue weighted by molar-refractivity contribution is 0.0693. The molecule has 4 nitrogen and oxygen atoms in total. The lowest BCUT2D eigenvalue weighted by Gasteiger charge is -2.18. The Balaban J connectivity index is 2.44. The van der Waals surface area contributed by atoms with E-state index in [0.29, 0.717) is 11.5 Å². The van der Waals surface area contributed by atoms with Crippen molar-refractivity contribution in [2.45, 2.75) is 32.6 Å². The minimum Gasteiger partial charge on any atom is -0.477 e. The summed E-state index contributed by atoms with van der Waals surface area (Å²) < 4.78 is 5.02. The molecule has 1 N–H and O–H groups in total. The van der Waals surface area contributed by atoms with Gasteiger partial charge in [0.2, 0.25) is 0 Å². The maximum Gasteiger partial charge on any atom is 0.341 e. The highest BCUT2D eigenvalue weighted by Gasteiger charge is 2.28. The predicted molar refractivity (Wildman–Crippen MR) is 63.1 cm³/mol. The normalized spacial score (nSPS) is 19.2. The Morgan fingerprint density at radius 2 is 2.41 bits per heavy atom. The molecule has 1 aromatic rings. The zero-order chi connectivity index (χ0) is 12.4. The maximum atomic E-state index is 11.2. The minimum atomic E-state index is -0.969. The summed E-state index contributed by atoms with van der Waals surface area (Å²) in [6, 6.07) is 0. The van der Waals surface area contributed by atoms with Gasteiger partial charge in [-0.2, -0.15) is 0 Å². The third-order valence-corrected chi connectivity index (χ3v) is 3.11. The van der Waals surface area contributed by atoms with Gasteiger partial charge in [0.25, 0.3) is 0 Å². The van der Waals surface area contributed by atoms with Crippen molar-refractivity contribution in [1.29, 1.82) is 0 Å². The van der Waals surface area contributed by atoms with E-state index in [1.165, 1.54) is 5.57 Å². The number of aryl methyl sites for hydroxylation is 1. The lowest BCUT2D eigenvalue weighted by atomic mass is 9.85. The van der Waals surface area contributed by atoms with Crippen LogP contribution in [-0.2, 0) is 0 Å². The maximum absolute atomic E-state index is 11.2. The van der Waals surface area contributed by atoms with Crippen LogP contribution in [-0.4, -0.2) is 16.2 Å². The first-order chi connectivity index (χ1) is 8.15. The second-order valence-electron chi connectivity index (χ2n) is 4.12. The third kappa shape index (κ3) is 2.02. The van der Waals surface area contributed by atoms with E-state index in [4.69, 9.17) is 4.52 Å². The molecule has 0 bridgehead atoms. The molecule has 17 heavy (non-hydrogen) atoms. The minimum absolute atomic E-state index is 0.0357. The summed E-state index contributed by atoms with van der Waals surface area (Å²) >= 11 is 0. The molecule has 0 fully saturated rings. The van der Waals surface area contributed by atoms with Gasteiger partial charge in [-0.1, -0.05) is 35.9 Å². The Morgan fingerprint density at radius 1 is 1.65 bits per heavy atom. The van der Waals surface area contributed by atoms with E-state index in [0.717, 1.165) is 12.8 Å². The summed E-state index contributed by atoms with van der Waals surface area (Å²) in [6.07, 6.45) is 7.73. The van der Waals surface area contributed by atoms with E-state index in [2.05, 4.69) is 12.1 Å². The highest BCUT2D eigenvalue weighted by Crippen LogP contribution is 2.35. The van der Waals surface area contributed by atoms with Gasteiger partial charge in [0, 0.05) is 5.92 Å². The van der Waals surface area contributed by atoms with Gasteiger partial charge in [-0.15, -0.1) is 0 Å². The fraction of sp³-hybridized carbons (Fsp3) is 0.385. The Hall–Kier alpha value is -1.84. The Kier molecular flexibility index (Phi) is 3.13. The first-order valence-corrected chi connectivity index (χ1v) is 5.70. The molecule has 0 saturated heterocycles. The van der Waals surface area contributed by atoms with Crippen LogP contribution in [0.3, 0.4) is 0 Å². The summed E-state index contributed by atoms with van der Waals surface area (Å²) in [5.74, 6) is -0.560. The molecule has 4 heteroatoms. The van der Waals surface area contributed by atoms with Crippen molar-refractivity contribution >= 4 is 5.97 Å². The van der Waals surface area contributed by atoms with E-state index in [-0.39, 0.29) is 11.5 Å². The number of carboxylic acid groups (broad SMARTS) is 1. The highest BCUT2D eigenvalue weighted by molar-refractivity contribution is 5.90. The van der Waals surface area contributed by atoms with E-state index in [1.807, 2.05) is 18.2 Å². The van der Waals surface area contributed by atoms with Gasteiger partial charge in [0.15, 0.2) is 0 Å². The molecule has 1 aromatic heterocycles. The van der Waals surface area contributed by atoms with Crippen LogP contribution in [0.2, 0.25) is 0 Å². The first-order valence-electron chi connectivity index (χ1n) is 5.70. The van der Waals surface area contributed by atoms with E-state index >= 15 is 0 Å². The first kappa shape index (κ1) is 11.6. The summed E-state index contributed by atoms with van der Waals surface area (Å²) in [7, 11) is 0. The summed E-state index contributed by atoms with van der Waals surface area (Å²) in [6.45, 7) is 3.69. The average molecular weight is 233 g/mol. The van der Waals surface area contributed by atoms with Crippen LogP contribution < -0.4 is 0 Å². The molecular formula is C13H15NO3. The predicted octanol–water partition coefficient (Wildman–Crippen LogP) is 3.06. The van der Waals surface area contributed by atoms with E-state index < -0.39 is 5.97 Å². The fourth-order valence-electron chi connectivity index (χ4n) is 2.21. The van der Waals surface area contributed by atoms with Crippen molar-refractivity contribution in [3.05, 3.63) is 40.8 Å². The SMILES string of the molecule is CCC1=CC=CCC1c1noc(C)c1C(=O)O. The topological polar surface area (TPSA) is 63.3 Å². The molecule has 1 atom stereocenters. The standard InChI is InChI=1S/C13H15NO3/c1-3-9-6-4-5-7-10(9)12-11(13(15)16)8(2)17-14-12/h4-6,10H,3,7H2,1-2H3,(H,15,16). The van der Waals surface area contributed by atoms with Crippen molar-refractivity contribution < 1.29 is 14.4 Å². The van der Waals surface area contributed by atoms with Gasteiger partial charge >= 0.3 is 5.97 Å². The number of rotatable bonds is 3. The number of hydrogen-bond donors (Lipinski definition) is 1. The number of hydrogen-bond acceptors (Lipinski definition) is 3. The largest absolute Gasteiger partial charge is 0.477 e. The Bertz CT molecular complexity index is 497. The van der Waals surface area contributed by atoms with Crippen LogP contribution in [0.4, 0.5) is 0 Å². The smallest absolute Gasteiger partial charge is 0.341 e. The number of aromatic carboxylic acids is 1. The van der Waals surface area contributed by atoms with Crippen LogP contribution in [0.5, 0.6) is 0 Å². The summed E-state index contributed by atoms with van der Waals surface area (Å²) in [5.41, 5.74) is 1.96. The molecule has 0 aliphatic heterocycles. The zero-order valence-corrected chi connectivity index (χ0v) is 9.93. The number of aromatic nitrogens is 1. The van der Waals surface area contributed by atoms with E-state index in [9.17, 15) is 9.90 Å². The van der Waals surface area contributed by atoms with Crippen molar-refractivity contribution in [1.82, 2.24) is 5.16 Å². The number of carbonyl (C=O) groups is 1. The summed E-state index contributed by atoms with van der Waals surface area (Å²) in [5, 5.41) is 13.1. The van der Waals surface area contributed by atoms with Gasteiger partial charge in [-0.3, -0.25) is 0 Å². The molecular weight excluding hydrogens is 218 g/mol. The second kappa shape index (κ2) is 4.57. The lowest BCUT2D eigenvalue weighted by Crippen LogP contribution is -2.10. The molecule has 0 spiro atoms. The monoisotopic (exact) mass is 233 g/mol. The number of allylic oxidation sites excluding steroid dienone is 4. The molecule has 1 aliphatic carbocycles. The molecule has 2 rings (SSSR count). The Labute approximate surface area is 99.6 Å². The molecule has 90 valence electrons. The zero-order valence-electron chi connectivity index (χ0n) is 9.93. The molecule has 1 aliphatic rings. The van der Waals surface area contributed by atoms with Crippen molar-refractivity contribution in [2.75, 3.05) is 0 Å². The summed E-state index contributed by atoms with van der Waals surface area (Å²) in [4.78, 5) is 11.2. The molecule has 0 saturated carbocycles. The second-order valence-corrected chi connectivity index (χ2v) is 4.12. The highest BCUT2D eigenvalue weighted by atomic mass is 16.5. The molecule has 1 unspecified atom stereocenters. The quantitative estimate of drug-likeness (QED) is 0.871. The van der Waals surface area contributed by atoms with Crippen LogP contribution in [0.1, 0.15) is 47.5 Å². The number of carboxylic acids is 1. The van der Waals surface area contributed by atoms with Crippen molar-refractivity contribution in [2.24, 2.45) is 0 Å².